The van der Waals surface area contributed by atoms with Crippen molar-refractivity contribution in [2.24, 2.45) is 0 Å². The number of hydrogen-bond donors (Lipinski definition) is 2. The van der Waals surface area contributed by atoms with Crippen LogP contribution < -0.4 is 10.6 Å². The Balaban J connectivity index is 1.88. The maximum absolute atomic E-state index is 13.4. The van der Waals surface area contributed by atoms with E-state index in [0.29, 0.717) is 5.76 Å². The van der Waals surface area contributed by atoms with E-state index in [4.69, 9.17) is 16.6 Å². The lowest BCUT2D eigenvalue weighted by atomic mass is 10.3. The first-order chi connectivity index (χ1) is 9.65. The molecular formula is C14H11FN2O2S. The molecule has 0 aliphatic carbocycles. The molecule has 0 bridgehead atoms. The molecule has 0 fully saturated rings. The number of halogens is 1. The molecule has 102 valence electrons. The van der Waals surface area contributed by atoms with Crippen molar-refractivity contribution < 1.29 is 13.6 Å². The topological polar surface area (TPSA) is 54.3 Å². The van der Waals surface area contributed by atoms with Crippen molar-refractivity contribution >= 4 is 35.0 Å². The predicted octanol–water partition coefficient (Wildman–Crippen LogP) is 2.95. The quantitative estimate of drug-likeness (QED) is 0.674. The van der Waals surface area contributed by atoms with Crippen molar-refractivity contribution in [1.29, 1.82) is 0 Å². The van der Waals surface area contributed by atoms with E-state index in [1.54, 1.807) is 24.3 Å². The van der Waals surface area contributed by atoms with Gasteiger partial charge in [-0.25, -0.2) is 4.39 Å². The van der Waals surface area contributed by atoms with Crippen molar-refractivity contribution in [1.82, 2.24) is 5.32 Å². The molecule has 1 amide bonds. The monoisotopic (exact) mass is 290 g/mol. The predicted molar refractivity (Wildman–Crippen MR) is 78.5 cm³/mol. The van der Waals surface area contributed by atoms with Gasteiger partial charge in [0, 0.05) is 6.08 Å². The molecule has 1 heterocycles. The molecule has 2 aromatic rings. The SMILES string of the molecule is O=C(/C=C/c1ccco1)NC(=S)Nc1ccccc1F. The number of rotatable bonds is 3. The van der Waals surface area contributed by atoms with Crippen molar-refractivity contribution in [2.75, 3.05) is 5.32 Å². The average molecular weight is 290 g/mol. The highest BCUT2D eigenvalue weighted by atomic mass is 32.1. The maximum atomic E-state index is 13.4. The Labute approximate surface area is 120 Å². The molecule has 6 heteroatoms. The van der Waals surface area contributed by atoms with E-state index in [-0.39, 0.29) is 10.8 Å². The normalized spacial score (nSPS) is 10.4. The molecule has 2 rings (SSSR count). The minimum absolute atomic E-state index is 0.0178. The van der Waals surface area contributed by atoms with Crippen LogP contribution in [-0.2, 0) is 4.79 Å². The molecule has 0 aliphatic heterocycles. The fraction of sp³-hybridized carbons (Fsp3) is 0. The van der Waals surface area contributed by atoms with Gasteiger partial charge in [-0.3, -0.25) is 10.1 Å². The molecule has 0 aliphatic rings. The maximum Gasteiger partial charge on any atom is 0.250 e. The number of nitrogens with one attached hydrogen (secondary N) is 2. The molecule has 2 N–H and O–H groups in total. The number of anilines is 1. The van der Waals surface area contributed by atoms with E-state index < -0.39 is 11.7 Å². The second-order valence-electron chi connectivity index (χ2n) is 3.77. The lowest BCUT2D eigenvalue weighted by Gasteiger charge is -2.08. The first-order valence-electron chi connectivity index (χ1n) is 5.73. The first-order valence-corrected chi connectivity index (χ1v) is 6.14. The fourth-order valence-electron chi connectivity index (χ4n) is 1.41. The Kier molecular flexibility index (Phi) is 4.62. The summed E-state index contributed by atoms with van der Waals surface area (Å²) >= 11 is 4.92. The largest absolute Gasteiger partial charge is 0.465 e. The molecule has 0 atom stereocenters. The van der Waals surface area contributed by atoms with Crippen molar-refractivity contribution in [3.8, 4) is 0 Å². The van der Waals surface area contributed by atoms with Gasteiger partial charge in [0.15, 0.2) is 5.11 Å². The van der Waals surface area contributed by atoms with E-state index in [1.165, 1.54) is 30.5 Å². The van der Waals surface area contributed by atoms with Crippen LogP contribution in [0.15, 0.2) is 53.2 Å². The molecule has 4 nitrogen and oxygen atoms in total. The van der Waals surface area contributed by atoms with Gasteiger partial charge in [0.1, 0.15) is 11.6 Å². The molecule has 1 aromatic carbocycles. The highest BCUT2D eigenvalue weighted by molar-refractivity contribution is 7.80. The second-order valence-corrected chi connectivity index (χ2v) is 4.18. The summed E-state index contributed by atoms with van der Waals surface area (Å²) in [5, 5.41) is 5.02. The molecule has 0 saturated carbocycles. The number of thiocarbonyl (C=S) groups is 1. The Morgan fingerprint density at radius 2 is 2.05 bits per heavy atom. The third kappa shape index (κ3) is 4.03. The number of carbonyl (C=O) groups is 1. The molecule has 20 heavy (non-hydrogen) atoms. The van der Waals surface area contributed by atoms with Crippen molar-refractivity contribution in [3.63, 3.8) is 0 Å². The number of benzene rings is 1. The van der Waals surface area contributed by atoms with Crippen molar-refractivity contribution in [2.45, 2.75) is 0 Å². The summed E-state index contributed by atoms with van der Waals surface area (Å²) in [4.78, 5) is 11.6. The minimum atomic E-state index is -0.449. The third-order valence-electron chi connectivity index (χ3n) is 2.30. The van der Waals surface area contributed by atoms with Gasteiger partial charge >= 0.3 is 0 Å². The Morgan fingerprint density at radius 1 is 1.25 bits per heavy atom. The first kappa shape index (κ1) is 14.0. The summed E-state index contributed by atoms with van der Waals surface area (Å²) < 4.78 is 18.4. The van der Waals surface area contributed by atoms with Crippen molar-refractivity contribution in [3.05, 3.63) is 60.3 Å². The van der Waals surface area contributed by atoms with Gasteiger partial charge in [-0.2, -0.15) is 0 Å². The minimum Gasteiger partial charge on any atom is -0.465 e. The molecular weight excluding hydrogens is 279 g/mol. The smallest absolute Gasteiger partial charge is 0.250 e. The number of hydrogen-bond acceptors (Lipinski definition) is 3. The zero-order chi connectivity index (χ0) is 14.4. The lowest BCUT2D eigenvalue weighted by molar-refractivity contribution is -0.115. The van der Waals surface area contributed by atoms with Crippen LogP contribution >= 0.6 is 12.2 Å². The van der Waals surface area contributed by atoms with E-state index in [1.807, 2.05) is 0 Å². The third-order valence-corrected chi connectivity index (χ3v) is 2.51. The highest BCUT2D eigenvalue weighted by Crippen LogP contribution is 2.11. The number of furan rings is 1. The summed E-state index contributed by atoms with van der Waals surface area (Å²) in [6.45, 7) is 0. The molecule has 0 unspecified atom stereocenters. The van der Waals surface area contributed by atoms with Gasteiger partial charge in [-0.05, 0) is 42.6 Å². The number of amides is 1. The Bertz CT molecular complexity index is 638. The summed E-state index contributed by atoms with van der Waals surface area (Å²) in [5.41, 5.74) is 0.202. The van der Waals surface area contributed by atoms with Crippen LogP contribution in [0.4, 0.5) is 10.1 Å². The zero-order valence-electron chi connectivity index (χ0n) is 10.3. The summed E-state index contributed by atoms with van der Waals surface area (Å²) in [5.74, 6) is -0.335. The van der Waals surface area contributed by atoms with Gasteiger partial charge in [0.05, 0.1) is 12.0 Å². The van der Waals surface area contributed by atoms with E-state index in [9.17, 15) is 9.18 Å². The van der Waals surface area contributed by atoms with Crippen LogP contribution in [0.2, 0.25) is 0 Å². The number of para-hydroxylation sites is 1. The molecule has 1 aromatic heterocycles. The summed E-state index contributed by atoms with van der Waals surface area (Å²) in [6, 6.07) is 9.46. The van der Waals surface area contributed by atoms with Gasteiger partial charge in [-0.15, -0.1) is 0 Å². The van der Waals surface area contributed by atoms with Crippen LogP contribution in [0.1, 0.15) is 5.76 Å². The van der Waals surface area contributed by atoms with Gasteiger partial charge in [-0.1, -0.05) is 12.1 Å². The standard InChI is InChI=1S/C14H11FN2O2S/c15-11-5-1-2-6-12(11)16-14(20)17-13(18)8-7-10-4-3-9-19-10/h1-9H,(H2,16,17,18,20)/b8-7+. The Hall–Kier alpha value is -2.47. The van der Waals surface area contributed by atoms with Crippen LogP contribution in [0.25, 0.3) is 6.08 Å². The van der Waals surface area contributed by atoms with Crippen LogP contribution in [0.5, 0.6) is 0 Å². The number of carbonyl (C=O) groups excluding carboxylic acids is 1. The highest BCUT2D eigenvalue weighted by Gasteiger charge is 2.05. The lowest BCUT2D eigenvalue weighted by Crippen LogP contribution is -2.33. The van der Waals surface area contributed by atoms with Gasteiger partial charge < -0.3 is 9.73 Å². The second kappa shape index (κ2) is 6.63. The zero-order valence-corrected chi connectivity index (χ0v) is 11.1. The van der Waals surface area contributed by atoms with Crippen LogP contribution in [-0.4, -0.2) is 11.0 Å². The fourth-order valence-corrected chi connectivity index (χ4v) is 1.62. The van der Waals surface area contributed by atoms with Gasteiger partial charge in [0.25, 0.3) is 0 Å². The van der Waals surface area contributed by atoms with E-state index in [0.717, 1.165) is 0 Å². The molecule has 0 radical (unpaired) electrons. The van der Waals surface area contributed by atoms with E-state index >= 15 is 0 Å². The Morgan fingerprint density at radius 3 is 2.75 bits per heavy atom. The molecule has 0 saturated heterocycles. The average Bonchev–Trinajstić information content (AvgIpc) is 2.92. The summed E-state index contributed by atoms with van der Waals surface area (Å²) in [7, 11) is 0. The summed E-state index contributed by atoms with van der Waals surface area (Å²) in [6.07, 6.45) is 4.27. The van der Waals surface area contributed by atoms with E-state index in [2.05, 4.69) is 10.6 Å². The van der Waals surface area contributed by atoms with Gasteiger partial charge in [0.2, 0.25) is 5.91 Å². The van der Waals surface area contributed by atoms with Crippen LogP contribution in [0, 0.1) is 5.82 Å². The van der Waals surface area contributed by atoms with Crippen LogP contribution in [0.3, 0.4) is 0 Å². The molecule has 0 spiro atoms.